The number of anilines is 1. The van der Waals surface area contributed by atoms with E-state index in [4.69, 9.17) is 0 Å². The Hall–Kier alpha value is -4.23. The number of phenolic OH excluding ortho intramolecular Hbond substituents is 2. The summed E-state index contributed by atoms with van der Waals surface area (Å²) < 4.78 is 0. The van der Waals surface area contributed by atoms with E-state index in [1.807, 2.05) is 30.3 Å². The third-order valence-electron chi connectivity index (χ3n) is 3.76. The summed E-state index contributed by atoms with van der Waals surface area (Å²) in [6, 6.07) is 13.0. The topological polar surface area (TPSA) is 149 Å². The molecule has 10 heteroatoms. The molecule has 0 saturated heterocycles. The Morgan fingerprint density at radius 1 is 1.28 bits per heavy atom. The van der Waals surface area contributed by atoms with Gasteiger partial charge in [-0.15, -0.1) is 11.3 Å². The maximum Gasteiger partial charge on any atom is 0.315 e. The maximum absolute atomic E-state index is 12.4. The molecule has 1 amide bonds. The third-order valence-corrected chi connectivity index (χ3v) is 4.52. The number of phenols is 2. The Morgan fingerprint density at radius 3 is 2.66 bits per heavy atom. The van der Waals surface area contributed by atoms with E-state index in [9.17, 15) is 30.4 Å². The molecule has 144 valence electrons. The summed E-state index contributed by atoms with van der Waals surface area (Å²) in [6.45, 7) is 0. The van der Waals surface area contributed by atoms with Gasteiger partial charge in [0.15, 0.2) is 10.9 Å². The van der Waals surface area contributed by atoms with Crippen LogP contribution in [0.5, 0.6) is 11.5 Å². The minimum Gasteiger partial charge on any atom is -0.504 e. The lowest BCUT2D eigenvalue weighted by molar-refractivity contribution is -0.386. The first kappa shape index (κ1) is 19.5. The van der Waals surface area contributed by atoms with Gasteiger partial charge >= 0.3 is 5.69 Å². The van der Waals surface area contributed by atoms with Gasteiger partial charge < -0.3 is 10.2 Å². The average Bonchev–Trinajstić information content (AvgIpc) is 3.17. The van der Waals surface area contributed by atoms with Crippen molar-refractivity contribution in [3.63, 3.8) is 0 Å². The first-order valence-electron chi connectivity index (χ1n) is 8.03. The fraction of sp³-hybridized carbons (Fsp3) is 0. The molecular formula is C19H12N4O5S. The van der Waals surface area contributed by atoms with Crippen LogP contribution in [0.15, 0.2) is 53.4 Å². The summed E-state index contributed by atoms with van der Waals surface area (Å²) in [4.78, 5) is 26.7. The second-order valence-electron chi connectivity index (χ2n) is 5.69. The van der Waals surface area contributed by atoms with Crippen molar-refractivity contribution in [1.82, 2.24) is 4.98 Å². The highest BCUT2D eigenvalue weighted by Gasteiger charge is 2.19. The van der Waals surface area contributed by atoms with Gasteiger partial charge in [-0.1, -0.05) is 30.3 Å². The maximum atomic E-state index is 12.4. The molecule has 0 fully saturated rings. The molecule has 0 aliphatic heterocycles. The number of hydrogen-bond acceptors (Lipinski definition) is 8. The zero-order valence-corrected chi connectivity index (χ0v) is 15.4. The number of hydrogen-bond donors (Lipinski definition) is 3. The molecule has 3 aromatic rings. The highest BCUT2D eigenvalue weighted by atomic mass is 32.1. The molecular weight excluding hydrogens is 396 g/mol. The Labute approximate surface area is 168 Å². The van der Waals surface area contributed by atoms with Crippen LogP contribution in [0.3, 0.4) is 0 Å². The number of nitrogens with zero attached hydrogens (tertiary/aromatic N) is 3. The minimum atomic E-state index is -0.897. The summed E-state index contributed by atoms with van der Waals surface area (Å²) >= 11 is 1.18. The molecule has 2 aromatic carbocycles. The number of carbonyl (C=O) groups is 1. The third kappa shape index (κ3) is 4.37. The van der Waals surface area contributed by atoms with Crippen molar-refractivity contribution in [3.8, 4) is 28.8 Å². The zero-order valence-electron chi connectivity index (χ0n) is 14.6. The molecule has 9 nitrogen and oxygen atoms in total. The predicted octanol–water partition coefficient (Wildman–Crippen LogP) is 3.68. The van der Waals surface area contributed by atoms with Crippen LogP contribution in [0.4, 0.5) is 10.8 Å². The second-order valence-corrected chi connectivity index (χ2v) is 6.55. The van der Waals surface area contributed by atoms with Crippen LogP contribution in [0.25, 0.3) is 17.3 Å². The van der Waals surface area contributed by atoms with E-state index in [1.165, 1.54) is 11.3 Å². The van der Waals surface area contributed by atoms with Crippen molar-refractivity contribution in [2.75, 3.05) is 5.32 Å². The molecule has 0 aliphatic carbocycles. The van der Waals surface area contributed by atoms with E-state index < -0.39 is 28.0 Å². The number of nitriles is 1. The van der Waals surface area contributed by atoms with Gasteiger partial charge in [-0.25, -0.2) is 4.98 Å². The Bertz CT molecular complexity index is 1170. The van der Waals surface area contributed by atoms with Gasteiger partial charge in [-0.2, -0.15) is 5.26 Å². The van der Waals surface area contributed by atoms with E-state index in [2.05, 4.69) is 10.3 Å². The molecule has 3 rings (SSSR count). The average molecular weight is 408 g/mol. The number of nitrogens with one attached hydrogen (secondary N) is 1. The lowest BCUT2D eigenvalue weighted by Gasteiger charge is -2.03. The van der Waals surface area contributed by atoms with Crippen LogP contribution in [0, 0.1) is 21.4 Å². The number of amides is 1. The molecule has 1 aromatic heterocycles. The number of benzene rings is 2. The summed E-state index contributed by atoms with van der Waals surface area (Å²) in [5.41, 5.74) is 0.421. The van der Waals surface area contributed by atoms with Crippen molar-refractivity contribution < 1.29 is 19.9 Å². The number of aromatic nitrogens is 1. The lowest BCUT2D eigenvalue weighted by Crippen LogP contribution is -2.13. The van der Waals surface area contributed by atoms with E-state index in [-0.39, 0.29) is 16.3 Å². The van der Waals surface area contributed by atoms with Crippen LogP contribution in [0.1, 0.15) is 5.56 Å². The van der Waals surface area contributed by atoms with Crippen molar-refractivity contribution in [2.24, 2.45) is 0 Å². The van der Waals surface area contributed by atoms with Crippen molar-refractivity contribution in [3.05, 3.63) is 69.1 Å². The zero-order chi connectivity index (χ0) is 21.0. The number of thiazole rings is 1. The highest BCUT2D eigenvalue weighted by Crippen LogP contribution is 2.36. The monoisotopic (exact) mass is 408 g/mol. The first-order chi connectivity index (χ1) is 13.9. The number of aromatic hydroxyl groups is 2. The van der Waals surface area contributed by atoms with Gasteiger partial charge in [-0.05, 0) is 17.7 Å². The number of carbonyl (C=O) groups excluding carboxylic acids is 1. The molecule has 29 heavy (non-hydrogen) atoms. The van der Waals surface area contributed by atoms with Crippen LogP contribution in [0.2, 0.25) is 0 Å². The van der Waals surface area contributed by atoms with Gasteiger partial charge in [0.25, 0.3) is 5.91 Å². The Kier molecular flexibility index (Phi) is 5.52. The van der Waals surface area contributed by atoms with Crippen molar-refractivity contribution in [2.45, 2.75) is 0 Å². The summed E-state index contributed by atoms with van der Waals surface area (Å²) in [6.07, 6.45) is 1.06. The molecule has 0 atom stereocenters. The molecule has 0 aliphatic rings. The molecule has 0 bridgehead atoms. The van der Waals surface area contributed by atoms with Gasteiger partial charge in [0.2, 0.25) is 5.75 Å². The van der Waals surface area contributed by atoms with E-state index in [1.54, 1.807) is 11.4 Å². The van der Waals surface area contributed by atoms with Crippen LogP contribution >= 0.6 is 11.3 Å². The molecule has 0 radical (unpaired) electrons. The quantitative estimate of drug-likeness (QED) is 0.192. The van der Waals surface area contributed by atoms with Crippen molar-refractivity contribution >= 4 is 34.1 Å². The van der Waals surface area contributed by atoms with Crippen LogP contribution in [-0.2, 0) is 4.79 Å². The normalized spacial score (nSPS) is 10.9. The van der Waals surface area contributed by atoms with Crippen LogP contribution in [-0.4, -0.2) is 26.0 Å². The SMILES string of the molecule is N#C/C(=C\c1cc(O)c(O)c([N+](=O)[O-])c1)C(=O)Nc1nc(-c2ccccc2)cs1. The highest BCUT2D eigenvalue weighted by molar-refractivity contribution is 7.14. The smallest absolute Gasteiger partial charge is 0.315 e. The number of nitro benzene ring substituents is 1. The summed E-state index contributed by atoms with van der Waals surface area (Å²) in [5.74, 6) is -2.40. The number of rotatable bonds is 5. The van der Waals surface area contributed by atoms with E-state index in [0.29, 0.717) is 5.69 Å². The van der Waals surface area contributed by atoms with Gasteiger partial charge in [-0.3, -0.25) is 20.2 Å². The molecule has 1 heterocycles. The summed E-state index contributed by atoms with van der Waals surface area (Å²) in [5, 5.41) is 43.9. The van der Waals surface area contributed by atoms with Gasteiger partial charge in [0.05, 0.1) is 10.6 Å². The second kappa shape index (κ2) is 8.20. The van der Waals surface area contributed by atoms with Crippen molar-refractivity contribution in [1.29, 1.82) is 5.26 Å². The fourth-order valence-electron chi connectivity index (χ4n) is 2.40. The Morgan fingerprint density at radius 2 is 2.00 bits per heavy atom. The Balaban J connectivity index is 1.84. The first-order valence-corrected chi connectivity index (χ1v) is 8.91. The van der Waals surface area contributed by atoms with Crippen LogP contribution < -0.4 is 5.32 Å². The van der Waals surface area contributed by atoms with E-state index >= 15 is 0 Å². The summed E-state index contributed by atoms with van der Waals surface area (Å²) in [7, 11) is 0. The molecule has 0 unspecified atom stereocenters. The number of nitro groups is 1. The standard InChI is InChI=1S/C19H12N4O5S/c20-9-13(6-11-7-15(23(27)28)17(25)16(24)8-11)18(26)22-19-21-14(10-29-19)12-4-2-1-3-5-12/h1-8,10,24-25H,(H,21,22,26)/b13-6+. The molecule has 0 saturated carbocycles. The predicted molar refractivity (Wildman–Crippen MR) is 106 cm³/mol. The lowest BCUT2D eigenvalue weighted by atomic mass is 10.1. The largest absolute Gasteiger partial charge is 0.504 e. The minimum absolute atomic E-state index is 0.00260. The molecule has 0 spiro atoms. The fourth-order valence-corrected chi connectivity index (χ4v) is 3.11. The van der Waals surface area contributed by atoms with Gasteiger partial charge in [0.1, 0.15) is 11.6 Å². The van der Waals surface area contributed by atoms with E-state index in [0.717, 1.165) is 23.8 Å². The molecule has 3 N–H and O–H groups in total. The van der Waals surface area contributed by atoms with Gasteiger partial charge in [0, 0.05) is 17.0 Å².